The average Bonchev–Trinajstić information content (AvgIpc) is 3.08. The van der Waals surface area contributed by atoms with Crippen LogP contribution in [0.5, 0.6) is 0 Å². The van der Waals surface area contributed by atoms with Crippen molar-refractivity contribution in [1.29, 1.82) is 0 Å². The van der Waals surface area contributed by atoms with Gasteiger partial charge in [0.2, 0.25) is 5.91 Å². The number of hydrogen-bond donors (Lipinski definition) is 0. The summed E-state index contributed by atoms with van der Waals surface area (Å²) in [6.07, 6.45) is -1.23. The van der Waals surface area contributed by atoms with Crippen LogP contribution in [0.3, 0.4) is 0 Å². The summed E-state index contributed by atoms with van der Waals surface area (Å²) >= 11 is 0. The molecule has 0 aromatic carbocycles. The molecule has 2 aromatic heterocycles. The molecular weight excluding hydrogens is 287 g/mol. The Morgan fingerprint density at radius 3 is 2.67 bits per heavy atom. The van der Waals surface area contributed by atoms with Gasteiger partial charge in [-0.3, -0.25) is 9.69 Å². The largest absolute Gasteiger partial charge is 0.442 e. The van der Waals surface area contributed by atoms with Crippen molar-refractivity contribution >= 4 is 11.7 Å². The maximum absolute atomic E-state index is 13.0. The Labute approximate surface area is 117 Å². The van der Waals surface area contributed by atoms with E-state index in [9.17, 15) is 18.0 Å². The minimum absolute atomic E-state index is 0.00275. The highest BCUT2D eigenvalue weighted by atomic mass is 19.4. The Morgan fingerprint density at radius 2 is 2.10 bits per heavy atom. The monoisotopic (exact) mass is 297 g/mol. The first-order valence-electron chi connectivity index (χ1n) is 6.23. The molecule has 3 heterocycles. The van der Waals surface area contributed by atoms with E-state index < -0.39 is 11.7 Å². The molecule has 8 heteroatoms. The third-order valence-corrected chi connectivity index (χ3v) is 3.17. The predicted molar refractivity (Wildman–Crippen MR) is 66.3 cm³/mol. The van der Waals surface area contributed by atoms with Crippen molar-refractivity contribution in [3.8, 4) is 11.5 Å². The SMILES string of the molecule is O=C1CCCN1c1cc(C(F)(F)F)cc(-c2cnco2)n1. The molecule has 0 bridgehead atoms. The fourth-order valence-electron chi connectivity index (χ4n) is 2.18. The molecule has 0 radical (unpaired) electrons. The molecule has 1 saturated heterocycles. The van der Waals surface area contributed by atoms with E-state index in [1.165, 1.54) is 11.1 Å². The fourth-order valence-corrected chi connectivity index (χ4v) is 2.18. The van der Waals surface area contributed by atoms with Crippen LogP contribution in [0.15, 0.2) is 29.1 Å². The first-order valence-corrected chi connectivity index (χ1v) is 6.23. The number of amides is 1. The second kappa shape index (κ2) is 4.87. The molecule has 1 aliphatic rings. The molecule has 0 spiro atoms. The Morgan fingerprint density at radius 1 is 1.29 bits per heavy atom. The second-order valence-electron chi connectivity index (χ2n) is 4.61. The van der Waals surface area contributed by atoms with E-state index in [-0.39, 0.29) is 23.2 Å². The molecule has 1 aliphatic heterocycles. The van der Waals surface area contributed by atoms with Crippen LogP contribution in [0, 0.1) is 0 Å². The molecule has 0 unspecified atom stereocenters. The van der Waals surface area contributed by atoms with E-state index >= 15 is 0 Å². The van der Waals surface area contributed by atoms with Crippen LogP contribution in [0.1, 0.15) is 18.4 Å². The van der Waals surface area contributed by atoms with Gasteiger partial charge in [-0.2, -0.15) is 13.2 Å². The van der Waals surface area contributed by atoms with E-state index in [1.807, 2.05) is 0 Å². The van der Waals surface area contributed by atoms with Crippen molar-refractivity contribution < 1.29 is 22.4 Å². The summed E-state index contributed by atoms with van der Waals surface area (Å²) in [6, 6.07) is 1.76. The van der Waals surface area contributed by atoms with Gasteiger partial charge in [-0.25, -0.2) is 9.97 Å². The number of carbonyl (C=O) groups excluding carboxylic acids is 1. The summed E-state index contributed by atoms with van der Waals surface area (Å²) in [7, 11) is 0. The van der Waals surface area contributed by atoms with Gasteiger partial charge in [-0.15, -0.1) is 0 Å². The van der Waals surface area contributed by atoms with Crippen LogP contribution >= 0.6 is 0 Å². The minimum atomic E-state index is -4.53. The summed E-state index contributed by atoms with van der Waals surface area (Å²) in [5.74, 6) is -0.127. The molecule has 2 aromatic rings. The molecule has 21 heavy (non-hydrogen) atoms. The number of carbonyl (C=O) groups is 1. The lowest BCUT2D eigenvalue weighted by atomic mass is 10.2. The summed E-state index contributed by atoms with van der Waals surface area (Å²) in [4.78, 5) is 20.7. The Kier molecular flexibility index (Phi) is 3.15. The third-order valence-electron chi connectivity index (χ3n) is 3.17. The number of hydrogen-bond acceptors (Lipinski definition) is 4. The van der Waals surface area contributed by atoms with Gasteiger partial charge in [-0.05, 0) is 18.6 Å². The van der Waals surface area contributed by atoms with E-state index in [0.29, 0.717) is 19.4 Å². The van der Waals surface area contributed by atoms with Gasteiger partial charge in [0.1, 0.15) is 11.5 Å². The fraction of sp³-hybridized carbons (Fsp3) is 0.308. The van der Waals surface area contributed by atoms with E-state index in [0.717, 1.165) is 18.5 Å². The molecule has 1 amide bonds. The van der Waals surface area contributed by atoms with Crippen molar-refractivity contribution in [3.63, 3.8) is 0 Å². The number of anilines is 1. The van der Waals surface area contributed by atoms with Crippen LogP contribution in [0.4, 0.5) is 19.0 Å². The highest BCUT2D eigenvalue weighted by molar-refractivity contribution is 5.94. The minimum Gasteiger partial charge on any atom is -0.442 e. The van der Waals surface area contributed by atoms with Crippen molar-refractivity contribution in [1.82, 2.24) is 9.97 Å². The average molecular weight is 297 g/mol. The first kappa shape index (κ1) is 13.6. The molecule has 0 aliphatic carbocycles. The van der Waals surface area contributed by atoms with Crippen LogP contribution in [0.2, 0.25) is 0 Å². The van der Waals surface area contributed by atoms with E-state index in [1.54, 1.807) is 0 Å². The predicted octanol–water partition coefficient (Wildman–Crippen LogP) is 2.88. The molecule has 0 N–H and O–H groups in total. The molecule has 110 valence electrons. The smallest absolute Gasteiger partial charge is 0.416 e. The highest BCUT2D eigenvalue weighted by Gasteiger charge is 2.34. The lowest BCUT2D eigenvalue weighted by Crippen LogP contribution is -2.25. The number of halogens is 3. The number of aromatic nitrogens is 2. The standard InChI is InChI=1S/C13H10F3N3O2/c14-13(15,16)8-4-9(10-6-17-7-21-10)18-11(5-8)19-3-1-2-12(19)20/h4-7H,1-3H2. The summed E-state index contributed by atoms with van der Waals surface area (Å²) in [5, 5.41) is 0. The van der Waals surface area contributed by atoms with Crippen LogP contribution in [-0.4, -0.2) is 22.4 Å². The Hall–Kier alpha value is -2.38. The second-order valence-corrected chi connectivity index (χ2v) is 4.61. The number of pyridine rings is 1. The molecular formula is C13H10F3N3O2. The van der Waals surface area contributed by atoms with Crippen LogP contribution in [0.25, 0.3) is 11.5 Å². The van der Waals surface area contributed by atoms with E-state index in [4.69, 9.17) is 4.42 Å². The molecule has 1 fully saturated rings. The number of alkyl halides is 3. The van der Waals surface area contributed by atoms with Gasteiger partial charge in [0, 0.05) is 13.0 Å². The summed E-state index contributed by atoms with van der Waals surface area (Å²) in [6.45, 7) is 0.364. The summed E-state index contributed by atoms with van der Waals surface area (Å²) < 4.78 is 44.0. The lowest BCUT2D eigenvalue weighted by Gasteiger charge is -2.17. The third kappa shape index (κ3) is 2.61. The van der Waals surface area contributed by atoms with Gasteiger partial charge >= 0.3 is 6.18 Å². The molecule has 5 nitrogen and oxygen atoms in total. The van der Waals surface area contributed by atoms with Crippen molar-refractivity contribution in [2.24, 2.45) is 0 Å². The summed E-state index contributed by atoms with van der Waals surface area (Å²) in [5.41, 5.74) is -0.879. The molecule has 0 saturated carbocycles. The van der Waals surface area contributed by atoms with Gasteiger partial charge in [-0.1, -0.05) is 0 Å². The van der Waals surface area contributed by atoms with Crippen LogP contribution < -0.4 is 4.90 Å². The first-order chi connectivity index (χ1) is 9.95. The number of rotatable bonds is 2. The zero-order valence-electron chi connectivity index (χ0n) is 10.7. The topological polar surface area (TPSA) is 59.2 Å². The van der Waals surface area contributed by atoms with Gasteiger partial charge in [0.05, 0.1) is 11.8 Å². The highest BCUT2D eigenvalue weighted by Crippen LogP contribution is 2.34. The maximum Gasteiger partial charge on any atom is 0.416 e. The van der Waals surface area contributed by atoms with Gasteiger partial charge < -0.3 is 4.42 Å². The van der Waals surface area contributed by atoms with Crippen LogP contribution in [-0.2, 0) is 11.0 Å². The van der Waals surface area contributed by atoms with Gasteiger partial charge in [0.25, 0.3) is 0 Å². The lowest BCUT2D eigenvalue weighted by molar-refractivity contribution is -0.137. The van der Waals surface area contributed by atoms with Crippen molar-refractivity contribution in [2.45, 2.75) is 19.0 Å². The number of oxazole rings is 1. The van der Waals surface area contributed by atoms with E-state index in [2.05, 4.69) is 9.97 Å². The Bertz CT molecular complexity index is 668. The maximum atomic E-state index is 13.0. The zero-order valence-corrected chi connectivity index (χ0v) is 10.7. The zero-order chi connectivity index (χ0) is 15.0. The molecule has 3 rings (SSSR count). The van der Waals surface area contributed by atoms with Crippen molar-refractivity contribution in [2.75, 3.05) is 11.4 Å². The van der Waals surface area contributed by atoms with Crippen molar-refractivity contribution in [3.05, 3.63) is 30.3 Å². The Balaban J connectivity index is 2.11. The molecule has 0 atom stereocenters. The van der Waals surface area contributed by atoms with Gasteiger partial charge in [0.15, 0.2) is 12.2 Å². The quantitative estimate of drug-likeness (QED) is 0.855. The normalized spacial score (nSPS) is 15.8. The number of nitrogens with zero attached hydrogens (tertiary/aromatic N) is 3.